The average Bonchev–Trinajstić information content (AvgIpc) is 3.37. The van der Waals surface area contributed by atoms with Gasteiger partial charge in [0.25, 0.3) is 20.0 Å². The molecule has 0 unspecified atom stereocenters. The van der Waals surface area contributed by atoms with Crippen LogP contribution in [0.5, 0.6) is 0 Å². The van der Waals surface area contributed by atoms with E-state index in [1.165, 1.54) is 36.7 Å². The van der Waals surface area contributed by atoms with E-state index in [-0.39, 0.29) is 9.79 Å². The third kappa shape index (κ3) is 6.68. The molecule has 3 aromatic carbocycles. The summed E-state index contributed by atoms with van der Waals surface area (Å²) in [5.74, 6) is 0. The molecule has 0 bridgehead atoms. The van der Waals surface area contributed by atoms with Crippen molar-refractivity contribution in [2.45, 2.75) is 23.6 Å². The minimum atomic E-state index is -3.76. The van der Waals surface area contributed by atoms with Crippen LogP contribution in [-0.2, 0) is 20.0 Å². The molecule has 2 aromatic heterocycles. The van der Waals surface area contributed by atoms with Crippen LogP contribution in [0.2, 0.25) is 0 Å². The number of aromatic nitrogens is 2. The molecule has 0 fully saturated rings. The molecule has 0 aliphatic rings. The maximum Gasteiger partial charge on any atom is 0.276 e. The van der Waals surface area contributed by atoms with E-state index in [0.29, 0.717) is 16.8 Å². The third-order valence-corrected chi connectivity index (χ3v) is 8.59. The number of hydrazone groups is 2. The Labute approximate surface area is 238 Å². The molecule has 0 saturated carbocycles. The van der Waals surface area contributed by atoms with Crippen LogP contribution in [0.25, 0.3) is 16.9 Å². The van der Waals surface area contributed by atoms with Crippen LogP contribution in [0, 0.1) is 13.8 Å². The Hall–Kier alpha value is -4.81. The minimum absolute atomic E-state index is 0.135. The molecule has 0 aliphatic carbocycles. The summed E-state index contributed by atoms with van der Waals surface area (Å²) >= 11 is 0. The topological polar surface area (TPSA) is 134 Å². The van der Waals surface area contributed by atoms with E-state index in [1.807, 2.05) is 36.6 Å². The second-order valence-electron chi connectivity index (χ2n) is 9.31. The SMILES string of the molecule is Cc1ccc(S(=O)(=O)N/N=C/c2ccc(-c3cn4cc(/C=N/NS(=O)(=O)c5ccc(C)cc5)ccc4n3)cc2)cc1. The predicted molar refractivity (Wildman–Crippen MR) is 159 cm³/mol. The quantitative estimate of drug-likeness (QED) is 0.197. The molecule has 0 aliphatic heterocycles. The van der Waals surface area contributed by atoms with Crippen LogP contribution >= 0.6 is 0 Å². The first-order valence-electron chi connectivity index (χ1n) is 12.4. The maximum absolute atomic E-state index is 12.4. The molecule has 2 heterocycles. The van der Waals surface area contributed by atoms with Gasteiger partial charge in [-0.05, 0) is 55.8 Å². The molecule has 5 aromatic rings. The molecule has 0 spiro atoms. The summed E-state index contributed by atoms with van der Waals surface area (Å²) in [5, 5.41) is 7.78. The Balaban J connectivity index is 1.24. The zero-order chi connectivity index (χ0) is 29.0. The van der Waals surface area contributed by atoms with Crippen molar-refractivity contribution in [1.29, 1.82) is 0 Å². The fourth-order valence-electron chi connectivity index (χ4n) is 3.85. The first-order chi connectivity index (χ1) is 19.6. The summed E-state index contributed by atoms with van der Waals surface area (Å²) in [6, 6.07) is 23.9. The molecule has 41 heavy (non-hydrogen) atoms. The van der Waals surface area contributed by atoms with Gasteiger partial charge < -0.3 is 4.40 Å². The molecule has 0 amide bonds. The van der Waals surface area contributed by atoms with Crippen molar-refractivity contribution in [2.75, 3.05) is 0 Å². The van der Waals surface area contributed by atoms with E-state index in [9.17, 15) is 16.8 Å². The van der Waals surface area contributed by atoms with E-state index < -0.39 is 20.0 Å². The first kappa shape index (κ1) is 27.7. The van der Waals surface area contributed by atoms with Gasteiger partial charge >= 0.3 is 0 Å². The minimum Gasteiger partial charge on any atom is -0.306 e. The summed E-state index contributed by atoms with van der Waals surface area (Å²) in [5.41, 5.74) is 5.59. The van der Waals surface area contributed by atoms with Gasteiger partial charge in [0, 0.05) is 23.5 Å². The van der Waals surface area contributed by atoms with E-state index in [2.05, 4.69) is 24.8 Å². The molecule has 2 N–H and O–H groups in total. The average molecular weight is 587 g/mol. The lowest BCUT2D eigenvalue weighted by Crippen LogP contribution is -2.18. The number of rotatable bonds is 9. The Kier molecular flexibility index (Phi) is 7.68. The van der Waals surface area contributed by atoms with E-state index in [4.69, 9.17) is 0 Å². The Morgan fingerprint density at radius 2 is 1.12 bits per heavy atom. The van der Waals surface area contributed by atoms with Gasteiger partial charge in [-0.2, -0.15) is 27.0 Å². The van der Waals surface area contributed by atoms with Crippen molar-refractivity contribution in [3.05, 3.63) is 120 Å². The van der Waals surface area contributed by atoms with Gasteiger partial charge in [0.05, 0.1) is 27.9 Å². The molecule has 12 heteroatoms. The lowest BCUT2D eigenvalue weighted by Gasteiger charge is -2.03. The molecular formula is C29H26N6O4S2. The van der Waals surface area contributed by atoms with Crippen LogP contribution in [0.4, 0.5) is 0 Å². The highest BCUT2D eigenvalue weighted by Crippen LogP contribution is 2.20. The molecular weight excluding hydrogens is 560 g/mol. The zero-order valence-corrected chi connectivity index (χ0v) is 23.8. The number of imidazole rings is 1. The predicted octanol–water partition coefficient (Wildman–Crippen LogP) is 4.24. The van der Waals surface area contributed by atoms with Crippen LogP contribution < -0.4 is 9.66 Å². The Bertz CT molecular complexity index is 1960. The Morgan fingerprint density at radius 3 is 1.66 bits per heavy atom. The normalized spacial score (nSPS) is 12.3. The summed E-state index contributed by atoms with van der Waals surface area (Å²) in [6.45, 7) is 3.76. The van der Waals surface area contributed by atoms with Crippen LogP contribution in [0.15, 0.2) is 117 Å². The lowest BCUT2D eigenvalue weighted by atomic mass is 10.1. The van der Waals surface area contributed by atoms with E-state index in [1.54, 1.807) is 54.7 Å². The standard InChI is InChI=1S/C29H26N6O4S2/c1-21-3-12-26(13-4-21)40(36,37)33-30-17-23-7-10-25(11-8-23)28-20-35-19-24(9-16-29(35)32-28)18-31-34-41(38,39)27-14-5-22(2)6-15-27/h3-20,33-34H,1-2H3/b30-17+,31-18+. The number of benzene rings is 3. The van der Waals surface area contributed by atoms with Crippen molar-refractivity contribution in [2.24, 2.45) is 10.2 Å². The number of hydrogen-bond acceptors (Lipinski definition) is 7. The number of nitrogens with zero attached hydrogens (tertiary/aromatic N) is 4. The van der Waals surface area contributed by atoms with Crippen molar-refractivity contribution < 1.29 is 16.8 Å². The number of aryl methyl sites for hydroxylation is 2. The number of fused-ring (bicyclic) bond motifs is 1. The van der Waals surface area contributed by atoms with Crippen molar-refractivity contribution in [3.8, 4) is 11.3 Å². The van der Waals surface area contributed by atoms with Gasteiger partial charge in [-0.3, -0.25) is 0 Å². The summed E-state index contributed by atoms with van der Waals surface area (Å²) in [6.07, 6.45) is 6.49. The summed E-state index contributed by atoms with van der Waals surface area (Å²) in [7, 11) is -7.51. The van der Waals surface area contributed by atoms with Gasteiger partial charge in [0.2, 0.25) is 0 Å². The summed E-state index contributed by atoms with van der Waals surface area (Å²) < 4.78 is 51.4. The van der Waals surface area contributed by atoms with Crippen molar-refractivity contribution in [3.63, 3.8) is 0 Å². The van der Waals surface area contributed by atoms with Gasteiger partial charge in [-0.25, -0.2) is 14.6 Å². The largest absolute Gasteiger partial charge is 0.306 e. The molecule has 0 saturated heterocycles. The number of pyridine rings is 1. The zero-order valence-electron chi connectivity index (χ0n) is 22.1. The van der Waals surface area contributed by atoms with Gasteiger partial charge in [-0.15, -0.1) is 0 Å². The fraction of sp³-hybridized carbons (Fsp3) is 0.0690. The molecule has 0 radical (unpaired) electrons. The lowest BCUT2D eigenvalue weighted by molar-refractivity contribution is 0.583. The molecule has 0 atom stereocenters. The molecule has 208 valence electrons. The summed E-state index contributed by atoms with van der Waals surface area (Å²) in [4.78, 5) is 9.36. The van der Waals surface area contributed by atoms with E-state index in [0.717, 1.165) is 22.4 Å². The molecule has 5 rings (SSSR count). The van der Waals surface area contributed by atoms with Gasteiger partial charge in [-0.1, -0.05) is 59.7 Å². The van der Waals surface area contributed by atoms with Gasteiger partial charge in [0.1, 0.15) is 5.65 Å². The molecule has 10 nitrogen and oxygen atoms in total. The van der Waals surface area contributed by atoms with Crippen LogP contribution in [0.3, 0.4) is 0 Å². The fourth-order valence-corrected chi connectivity index (χ4v) is 5.43. The third-order valence-electron chi connectivity index (χ3n) is 6.12. The smallest absolute Gasteiger partial charge is 0.276 e. The highest BCUT2D eigenvalue weighted by molar-refractivity contribution is 7.89. The second kappa shape index (κ2) is 11.4. The first-order valence-corrected chi connectivity index (χ1v) is 15.4. The van der Waals surface area contributed by atoms with Gasteiger partial charge in [0.15, 0.2) is 0 Å². The number of sulfonamides is 2. The van der Waals surface area contributed by atoms with Crippen LogP contribution in [-0.4, -0.2) is 38.6 Å². The van der Waals surface area contributed by atoms with Crippen LogP contribution in [0.1, 0.15) is 22.3 Å². The Morgan fingerprint density at radius 1 is 0.634 bits per heavy atom. The monoisotopic (exact) mass is 586 g/mol. The second-order valence-corrected chi connectivity index (χ2v) is 12.6. The number of nitrogens with one attached hydrogen (secondary N) is 2. The highest BCUT2D eigenvalue weighted by atomic mass is 32.2. The number of hydrogen-bond donors (Lipinski definition) is 2. The van der Waals surface area contributed by atoms with E-state index >= 15 is 0 Å². The van der Waals surface area contributed by atoms with Crippen molar-refractivity contribution >= 4 is 38.1 Å². The maximum atomic E-state index is 12.4. The highest BCUT2D eigenvalue weighted by Gasteiger charge is 2.13. The van der Waals surface area contributed by atoms with Crippen molar-refractivity contribution in [1.82, 2.24) is 19.0 Å².